The Balaban J connectivity index is -0.000000149. The molecule has 0 unspecified atom stereocenters. The lowest BCUT2D eigenvalue weighted by Crippen LogP contribution is -2.17. The molecule has 10 heavy (non-hydrogen) atoms. The molecule has 0 aliphatic carbocycles. The van der Waals surface area contributed by atoms with Gasteiger partial charge >= 0.3 is 0 Å². The highest BCUT2D eigenvalue weighted by Crippen LogP contribution is 2.09. The third kappa shape index (κ3) is 4.77. The van der Waals surface area contributed by atoms with Gasteiger partial charge < -0.3 is 10.5 Å². The minimum absolute atomic E-state index is 0. The average Bonchev–Trinajstić information content (AvgIpc) is 2.43. The molecular formula is C8H23NO. The van der Waals surface area contributed by atoms with Crippen LogP contribution in [-0.2, 0) is 4.74 Å². The monoisotopic (exact) mass is 149 g/mol. The predicted octanol–water partition coefficient (Wildman–Crippen LogP) is 2.03. The van der Waals surface area contributed by atoms with E-state index in [0.717, 1.165) is 13.0 Å². The number of ether oxygens (including phenoxy) is 1. The van der Waals surface area contributed by atoms with Crippen LogP contribution in [0.4, 0.5) is 0 Å². The lowest BCUT2D eigenvalue weighted by atomic mass is 10.2. The van der Waals surface area contributed by atoms with Gasteiger partial charge in [-0.05, 0) is 12.8 Å². The first kappa shape index (κ1) is 12.6. The molecule has 0 aromatic rings. The van der Waals surface area contributed by atoms with Crippen molar-refractivity contribution in [3.05, 3.63) is 0 Å². The fourth-order valence-corrected chi connectivity index (χ4v) is 0.830. The molecule has 0 amide bonds. The van der Waals surface area contributed by atoms with Crippen LogP contribution in [0.3, 0.4) is 0 Å². The molecule has 0 radical (unpaired) electrons. The summed E-state index contributed by atoms with van der Waals surface area (Å²) >= 11 is 0. The fraction of sp³-hybridized carbons (Fsp3) is 1.00. The molecule has 0 saturated carbocycles. The highest BCUT2D eigenvalue weighted by Gasteiger charge is 2.11. The summed E-state index contributed by atoms with van der Waals surface area (Å²) in [5.41, 5.74) is 5.31. The van der Waals surface area contributed by atoms with Gasteiger partial charge in [0.1, 0.15) is 0 Å². The summed E-state index contributed by atoms with van der Waals surface area (Å²) < 4.78 is 5.18. The number of hydrogen-bond acceptors (Lipinski definition) is 2. The summed E-state index contributed by atoms with van der Waals surface area (Å²) in [6.45, 7) is 5.61. The van der Waals surface area contributed by atoms with Crippen molar-refractivity contribution in [3.63, 3.8) is 0 Å². The second kappa shape index (κ2) is 8.92. The Morgan fingerprint density at radius 1 is 1.60 bits per heavy atom. The van der Waals surface area contributed by atoms with E-state index in [9.17, 15) is 0 Å². The van der Waals surface area contributed by atoms with Crippen molar-refractivity contribution >= 4 is 0 Å². The Labute approximate surface area is 66.2 Å². The van der Waals surface area contributed by atoms with Crippen molar-refractivity contribution in [1.29, 1.82) is 0 Å². The van der Waals surface area contributed by atoms with Crippen molar-refractivity contribution in [3.8, 4) is 0 Å². The van der Waals surface area contributed by atoms with E-state index in [-0.39, 0.29) is 8.85 Å². The topological polar surface area (TPSA) is 35.2 Å². The Kier molecular flexibility index (Phi) is 11.2. The SMILES string of the molecule is C.CC.NC[C@@H]1CCCO1.[HH]. The highest BCUT2D eigenvalue weighted by atomic mass is 16.5. The quantitative estimate of drug-likeness (QED) is 0.619. The Morgan fingerprint density at radius 3 is 2.40 bits per heavy atom. The van der Waals surface area contributed by atoms with Crippen molar-refractivity contribution in [1.82, 2.24) is 0 Å². The third-order valence-electron chi connectivity index (χ3n) is 1.29. The van der Waals surface area contributed by atoms with Gasteiger partial charge in [-0.2, -0.15) is 0 Å². The molecule has 1 atom stereocenters. The van der Waals surface area contributed by atoms with E-state index in [1.807, 2.05) is 13.8 Å². The van der Waals surface area contributed by atoms with Gasteiger partial charge in [-0.1, -0.05) is 21.3 Å². The van der Waals surface area contributed by atoms with Gasteiger partial charge in [-0.25, -0.2) is 0 Å². The maximum absolute atomic E-state index is 5.31. The predicted molar refractivity (Wildman–Crippen MR) is 48.2 cm³/mol. The van der Waals surface area contributed by atoms with E-state index in [1.54, 1.807) is 0 Å². The number of hydrogen-bond donors (Lipinski definition) is 1. The first-order valence-electron chi connectivity index (χ1n) is 3.75. The van der Waals surface area contributed by atoms with Gasteiger partial charge in [0, 0.05) is 14.6 Å². The number of rotatable bonds is 1. The molecule has 0 aromatic heterocycles. The van der Waals surface area contributed by atoms with Gasteiger partial charge in [0.05, 0.1) is 6.10 Å². The van der Waals surface area contributed by atoms with E-state index >= 15 is 0 Å². The summed E-state index contributed by atoms with van der Waals surface area (Å²) in [7, 11) is 0. The normalized spacial score (nSPS) is 22.5. The molecule has 0 bridgehead atoms. The first-order valence-corrected chi connectivity index (χ1v) is 3.75. The lowest BCUT2D eigenvalue weighted by Gasteiger charge is -2.01. The van der Waals surface area contributed by atoms with Crippen LogP contribution in [-0.4, -0.2) is 19.3 Å². The zero-order valence-corrected chi connectivity index (χ0v) is 6.39. The van der Waals surface area contributed by atoms with Gasteiger partial charge in [0.15, 0.2) is 0 Å². The fourth-order valence-electron chi connectivity index (χ4n) is 0.830. The molecule has 2 nitrogen and oxygen atoms in total. The standard InChI is InChI=1S/C5H11NO.C2H6.CH4.H2/c6-4-5-2-1-3-7-5;1-2;;/h5H,1-4,6H2;1-2H3;1H4;1H/t5-;;;/m0.../s1. The van der Waals surface area contributed by atoms with E-state index < -0.39 is 0 Å². The summed E-state index contributed by atoms with van der Waals surface area (Å²) in [6, 6.07) is 0. The molecule has 66 valence electrons. The summed E-state index contributed by atoms with van der Waals surface area (Å²) in [5, 5.41) is 0. The molecule has 1 heterocycles. The molecule has 1 fully saturated rings. The van der Waals surface area contributed by atoms with Crippen LogP contribution in [0.25, 0.3) is 0 Å². The minimum Gasteiger partial charge on any atom is -0.377 e. The van der Waals surface area contributed by atoms with Gasteiger partial charge in [-0.3, -0.25) is 0 Å². The summed E-state index contributed by atoms with van der Waals surface area (Å²) in [4.78, 5) is 0. The van der Waals surface area contributed by atoms with Crippen molar-refractivity contribution in [2.24, 2.45) is 5.73 Å². The summed E-state index contributed by atoms with van der Waals surface area (Å²) in [5.74, 6) is 0. The zero-order valence-electron chi connectivity index (χ0n) is 6.39. The van der Waals surface area contributed by atoms with Crippen molar-refractivity contribution in [2.75, 3.05) is 13.2 Å². The molecule has 0 spiro atoms. The smallest absolute Gasteiger partial charge is 0.0698 e. The Hall–Kier alpha value is -0.0800. The Morgan fingerprint density at radius 2 is 2.20 bits per heavy atom. The average molecular weight is 149 g/mol. The maximum Gasteiger partial charge on any atom is 0.0698 e. The van der Waals surface area contributed by atoms with E-state index in [1.165, 1.54) is 6.42 Å². The second-order valence-electron chi connectivity index (χ2n) is 1.87. The van der Waals surface area contributed by atoms with Crippen LogP contribution in [0, 0.1) is 0 Å². The molecule has 1 saturated heterocycles. The molecule has 2 N–H and O–H groups in total. The van der Waals surface area contributed by atoms with Crippen LogP contribution < -0.4 is 5.73 Å². The highest BCUT2D eigenvalue weighted by molar-refractivity contribution is 4.63. The van der Waals surface area contributed by atoms with Gasteiger partial charge in [0.25, 0.3) is 0 Å². The molecule has 2 heteroatoms. The molecule has 1 aliphatic rings. The lowest BCUT2D eigenvalue weighted by molar-refractivity contribution is 0.117. The molecule has 1 aliphatic heterocycles. The van der Waals surface area contributed by atoms with Crippen LogP contribution >= 0.6 is 0 Å². The summed E-state index contributed by atoms with van der Waals surface area (Å²) in [6.07, 6.45) is 2.73. The molecule has 1 rings (SSSR count). The van der Waals surface area contributed by atoms with Crippen LogP contribution in [0.5, 0.6) is 0 Å². The van der Waals surface area contributed by atoms with E-state index in [2.05, 4.69) is 0 Å². The second-order valence-corrected chi connectivity index (χ2v) is 1.87. The van der Waals surface area contributed by atoms with Crippen LogP contribution in [0.1, 0.15) is 35.5 Å². The Bertz CT molecular complexity index is 56.1. The third-order valence-corrected chi connectivity index (χ3v) is 1.29. The first-order chi connectivity index (χ1) is 4.43. The van der Waals surface area contributed by atoms with Gasteiger partial charge in [-0.15, -0.1) is 0 Å². The molecular weight excluding hydrogens is 126 g/mol. The van der Waals surface area contributed by atoms with Crippen molar-refractivity contribution in [2.45, 2.75) is 40.2 Å². The van der Waals surface area contributed by atoms with Crippen LogP contribution in [0.2, 0.25) is 0 Å². The van der Waals surface area contributed by atoms with E-state index in [0.29, 0.717) is 12.6 Å². The number of nitrogens with two attached hydrogens (primary N) is 1. The van der Waals surface area contributed by atoms with E-state index in [4.69, 9.17) is 10.5 Å². The molecule has 0 aromatic carbocycles. The largest absolute Gasteiger partial charge is 0.377 e. The zero-order chi connectivity index (χ0) is 7.11. The van der Waals surface area contributed by atoms with Crippen LogP contribution in [0.15, 0.2) is 0 Å². The minimum atomic E-state index is 0. The van der Waals surface area contributed by atoms with Crippen molar-refractivity contribution < 1.29 is 6.16 Å². The van der Waals surface area contributed by atoms with Gasteiger partial charge in [0.2, 0.25) is 0 Å². The maximum atomic E-state index is 5.31.